The van der Waals surface area contributed by atoms with Gasteiger partial charge in [0.15, 0.2) is 0 Å². The lowest BCUT2D eigenvalue weighted by molar-refractivity contribution is -0.146. The van der Waals surface area contributed by atoms with E-state index >= 15 is 0 Å². The average molecular weight is 360 g/mol. The first kappa shape index (κ1) is 17.7. The van der Waals surface area contributed by atoms with Gasteiger partial charge in [-0.1, -0.05) is 30.3 Å². The zero-order chi connectivity index (χ0) is 17.8. The molecule has 0 spiro atoms. The van der Waals surface area contributed by atoms with Gasteiger partial charge in [-0.3, -0.25) is 14.5 Å². The summed E-state index contributed by atoms with van der Waals surface area (Å²) in [7, 11) is 0. The molecule has 7 heteroatoms. The van der Waals surface area contributed by atoms with E-state index in [0.717, 1.165) is 23.1 Å². The van der Waals surface area contributed by atoms with Crippen LogP contribution in [-0.4, -0.2) is 51.9 Å². The number of hydrogen-bond acceptors (Lipinski definition) is 5. The number of carbonyl (C=O) groups excluding carboxylic acids is 3. The average Bonchev–Trinajstić information content (AvgIpc) is 2.64. The van der Waals surface area contributed by atoms with Crippen LogP contribution in [0.25, 0.3) is 0 Å². The first-order valence-corrected chi connectivity index (χ1v) is 9.24. The minimum Gasteiger partial charge on any atom is -0.392 e. The summed E-state index contributed by atoms with van der Waals surface area (Å²) in [6, 6.07) is 8.83. The quantitative estimate of drug-likeness (QED) is 0.556. The molecule has 25 heavy (non-hydrogen) atoms. The van der Waals surface area contributed by atoms with Gasteiger partial charge in [0.1, 0.15) is 17.7 Å². The lowest BCUT2D eigenvalue weighted by atomic mass is 10.00. The normalized spacial score (nSPS) is 22.3. The van der Waals surface area contributed by atoms with Gasteiger partial charge in [-0.15, -0.1) is 11.8 Å². The van der Waals surface area contributed by atoms with E-state index in [1.165, 1.54) is 11.8 Å². The number of nitrogens with one attached hydrogen (secondary N) is 1. The van der Waals surface area contributed by atoms with Crippen molar-refractivity contribution >= 4 is 29.9 Å². The van der Waals surface area contributed by atoms with E-state index in [-0.39, 0.29) is 30.2 Å². The number of allylic oxidation sites excluding steroid dienone is 1. The highest BCUT2D eigenvalue weighted by atomic mass is 32.2. The summed E-state index contributed by atoms with van der Waals surface area (Å²) >= 11 is 1.53. The molecule has 2 amide bonds. The van der Waals surface area contributed by atoms with Crippen molar-refractivity contribution in [3.8, 4) is 0 Å². The molecule has 1 aromatic rings. The molecule has 2 aliphatic heterocycles. The third-order valence-electron chi connectivity index (χ3n) is 4.38. The van der Waals surface area contributed by atoms with Gasteiger partial charge >= 0.3 is 0 Å². The van der Waals surface area contributed by atoms with Crippen molar-refractivity contribution in [1.82, 2.24) is 10.2 Å². The molecule has 132 valence electrons. The van der Waals surface area contributed by atoms with Gasteiger partial charge in [0.25, 0.3) is 5.91 Å². The lowest BCUT2D eigenvalue weighted by Gasteiger charge is -2.50. The van der Waals surface area contributed by atoms with Gasteiger partial charge < -0.3 is 15.2 Å². The molecule has 6 nitrogen and oxygen atoms in total. The zero-order valence-corrected chi connectivity index (χ0v) is 14.5. The Labute approximate surface area is 150 Å². The Balaban J connectivity index is 1.65. The van der Waals surface area contributed by atoms with Crippen molar-refractivity contribution in [1.29, 1.82) is 0 Å². The second kappa shape index (κ2) is 7.84. The molecule has 2 heterocycles. The molecule has 0 radical (unpaired) electrons. The zero-order valence-electron chi connectivity index (χ0n) is 13.7. The van der Waals surface area contributed by atoms with Gasteiger partial charge in [0.2, 0.25) is 5.91 Å². The summed E-state index contributed by atoms with van der Waals surface area (Å²) in [5, 5.41) is 12.1. The Kier molecular flexibility index (Phi) is 5.55. The molecule has 0 aromatic heterocycles. The molecule has 0 bridgehead atoms. The van der Waals surface area contributed by atoms with Crippen molar-refractivity contribution in [2.24, 2.45) is 0 Å². The maximum absolute atomic E-state index is 12.5. The number of amides is 2. The van der Waals surface area contributed by atoms with Gasteiger partial charge in [0, 0.05) is 17.9 Å². The fourth-order valence-corrected chi connectivity index (χ4v) is 4.52. The molecule has 2 N–H and O–H groups in total. The highest BCUT2D eigenvalue weighted by Crippen LogP contribution is 2.41. The van der Waals surface area contributed by atoms with E-state index in [1.807, 2.05) is 30.3 Å². The summed E-state index contributed by atoms with van der Waals surface area (Å²) in [6.07, 6.45) is 1.79. The van der Waals surface area contributed by atoms with Crippen molar-refractivity contribution in [3.63, 3.8) is 0 Å². The number of aliphatic hydroxyl groups excluding tert-OH is 1. The fraction of sp³-hybridized carbons (Fsp3) is 0.389. The molecule has 2 unspecified atom stereocenters. The van der Waals surface area contributed by atoms with E-state index in [9.17, 15) is 19.5 Å². The largest absolute Gasteiger partial charge is 0.392 e. The molecule has 0 saturated carbocycles. The SMILES string of the molecule is O=CCCC1=C(CO)CSC2C(NC(=O)Cc3ccccc3)C(=O)N12. The van der Waals surface area contributed by atoms with E-state index in [4.69, 9.17) is 0 Å². The first-order chi connectivity index (χ1) is 12.2. The third-order valence-corrected chi connectivity index (χ3v) is 5.72. The van der Waals surface area contributed by atoms with E-state index in [1.54, 1.807) is 4.90 Å². The topological polar surface area (TPSA) is 86.7 Å². The highest BCUT2D eigenvalue weighted by molar-refractivity contribution is 8.00. The highest BCUT2D eigenvalue weighted by Gasteiger charge is 2.52. The summed E-state index contributed by atoms with van der Waals surface area (Å²) in [4.78, 5) is 37.0. The number of β-lactam (4-membered cyclic amide) rings is 1. The Bertz CT molecular complexity index is 704. The van der Waals surface area contributed by atoms with Gasteiger partial charge in [-0.05, 0) is 17.6 Å². The van der Waals surface area contributed by atoms with Crippen LogP contribution in [0.2, 0.25) is 0 Å². The lowest BCUT2D eigenvalue weighted by Crippen LogP contribution is -2.70. The molecular weight excluding hydrogens is 340 g/mol. The molecule has 0 aliphatic carbocycles. The minimum absolute atomic E-state index is 0.122. The monoisotopic (exact) mass is 360 g/mol. The second-order valence-corrected chi connectivity index (χ2v) is 7.14. The van der Waals surface area contributed by atoms with Crippen molar-refractivity contribution in [3.05, 3.63) is 47.2 Å². The molecule has 3 rings (SSSR count). The third kappa shape index (κ3) is 3.62. The smallest absolute Gasteiger partial charge is 0.253 e. The van der Waals surface area contributed by atoms with Crippen LogP contribution in [0.15, 0.2) is 41.6 Å². The summed E-state index contributed by atoms with van der Waals surface area (Å²) in [5.74, 6) is 0.242. The number of fused-ring (bicyclic) bond motifs is 1. The second-order valence-electron chi connectivity index (χ2n) is 6.03. The Morgan fingerprint density at radius 1 is 1.36 bits per heavy atom. The maximum Gasteiger partial charge on any atom is 0.253 e. The van der Waals surface area contributed by atoms with Crippen LogP contribution < -0.4 is 5.32 Å². The maximum atomic E-state index is 12.5. The van der Waals surface area contributed by atoms with Crippen LogP contribution in [0, 0.1) is 0 Å². The number of aldehydes is 1. The van der Waals surface area contributed by atoms with Gasteiger partial charge in [-0.2, -0.15) is 0 Å². The molecule has 1 saturated heterocycles. The predicted molar refractivity (Wildman–Crippen MR) is 94.6 cm³/mol. The van der Waals surface area contributed by atoms with Crippen LogP contribution in [0.3, 0.4) is 0 Å². The molecular formula is C18H20N2O4S. The van der Waals surface area contributed by atoms with Crippen molar-refractivity contribution < 1.29 is 19.5 Å². The number of benzene rings is 1. The summed E-state index contributed by atoms with van der Waals surface area (Å²) in [6.45, 7) is -0.122. The Hall–Kier alpha value is -2.12. The number of rotatable bonds is 7. The molecule has 2 atom stereocenters. The van der Waals surface area contributed by atoms with Gasteiger partial charge in [0.05, 0.1) is 13.0 Å². The van der Waals surface area contributed by atoms with Crippen molar-refractivity contribution in [2.75, 3.05) is 12.4 Å². The number of hydrogen-bond donors (Lipinski definition) is 2. The van der Waals surface area contributed by atoms with Gasteiger partial charge in [-0.25, -0.2) is 0 Å². The van der Waals surface area contributed by atoms with Crippen LogP contribution in [0.4, 0.5) is 0 Å². The minimum atomic E-state index is -0.548. The Morgan fingerprint density at radius 3 is 2.80 bits per heavy atom. The summed E-state index contributed by atoms with van der Waals surface area (Å²) in [5.41, 5.74) is 2.41. The van der Waals surface area contributed by atoms with Crippen LogP contribution in [-0.2, 0) is 20.8 Å². The number of aliphatic hydroxyl groups is 1. The van der Waals surface area contributed by atoms with Crippen LogP contribution >= 0.6 is 11.8 Å². The predicted octanol–water partition coefficient (Wildman–Crippen LogP) is 0.854. The number of thioether (sulfide) groups is 1. The van der Waals surface area contributed by atoms with E-state index in [0.29, 0.717) is 18.6 Å². The van der Waals surface area contributed by atoms with Crippen LogP contribution in [0.5, 0.6) is 0 Å². The molecule has 2 aliphatic rings. The molecule has 1 aromatic carbocycles. The van der Waals surface area contributed by atoms with E-state index in [2.05, 4.69) is 5.32 Å². The van der Waals surface area contributed by atoms with E-state index < -0.39 is 6.04 Å². The first-order valence-electron chi connectivity index (χ1n) is 8.19. The Morgan fingerprint density at radius 2 is 2.12 bits per heavy atom. The number of carbonyl (C=O) groups is 3. The molecule has 1 fully saturated rings. The standard InChI is InChI=1S/C18H20N2O4S/c21-8-4-7-14-13(10-22)11-25-18-16(17(24)20(14)18)19-15(23)9-12-5-2-1-3-6-12/h1-3,5-6,8,16,18,22H,4,7,9-11H2,(H,19,23). The van der Waals surface area contributed by atoms with Crippen LogP contribution in [0.1, 0.15) is 18.4 Å². The number of nitrogens with zero attached hydrogens (tertiary/aromatic N) is 1. The summed E-state index contributed by atoms with van der Waals surface area (Å²) < 4.78 is 0. The van der Waals surface area contributed by atoms with Crippen molar-refractivity contribution in [2.45, 2.75) is 30.7 Å². The fourth-order valence-electron chi connectivity index (χ4n) is 3.13.